The second-order valence-corrected chi connectivity index (χ2v) is 11.2. The fraction of sp³-hybridized carbons (Fsp3) is 0.517. The fourth-order valence-corrected chi connectivity index (χ4v) is 5.53. The van der Waals surface area contributed by atoms with Gasteiger partial charge in [-0.2, -0.15) is 0 Å². The quantitative estimate of drug-likeness (QED) is 0.377. The predicted molar refractivity (Wildman–Crippen MR) is 142 cm³/mol. The van der Waals surface area contributed by atoms with Crippen molar-refractivity contribution in [3.63, 3.8) is 0 Å². The van der Waals surface area contributed by atoms with Gasteiger partial charge in [-0.1, -0.05) is 25.1 Å². The van der Waals surface area contributed by atoms with Crippen molar-refractivity contribution in [3.8, 4) is 5.75 Å². The van der Waals surface area contributed by atoms with Crippen molar-refractivity contribution in [1.29, 1.82) is 0 Å². The summed E-state index contributed by atoms with van der Waals surface area (Å²) in [5, 5.41) is 9.40. The number of rotatable bonds is 8. The van der Waals surface area contributed by atoms with Crippen LogP contribution in [0.15, 0.2) is 30.3 Å². The summed E-state index contributed by atoms with van der Waals surface area (Å²) >= 11 is 5.86. The molecule has 0 spiro atoms. The van der Waals surface area contributed by atoms with Crippen LogP contribution < -0.4 is 4.74 Å². The van der Waals surface area contributed by atoms with Gasteiger partial charge in [-0.3, -0.25) is 9.69 Å². The monoisotopic (exact) mass is 584 g/mol. The van der Waals surface area contributed by atoms with E-state index in [-0.39, 0.29) is 55.5 Å². The summed E-state index contributed by atoms with van der Waals surface area (Å²) in [5.74, 6) is -3.46. The maximum Gasteiger partial charge on any atom is 0.326 e. The number of carbonyl (C=O) groups excluding carboxylic acids is 1. The van der Waals surface area contributed by atoms with Gasteiger partial charge in [0.05, 0.1) is 17.1 Å². The molecular formula is C29H33ClF4N2O4. The number of aliphatic carboxylic acids is 1. The molecule has 2 atom stereocenters. The van der Waals surface area contributed by atoms with E-state index in [2.05, 4.69) is 0 Å². The van der Waals surface area contributed by atoms with E-state index in [9.17, 15) is 23.5 Å². The number of benzene rings is 2. The van der Waals surface area contributed by atoms with Gasteiger partial charge in [0.1, 0.15) is 41.9 Å². The Morgan fingerprint density at radius 1 is 1.10 bits per heavy atom. The molecule has 1 amide bonds. The zero-order valence-electron chi connectivity index (χ0n) is 21.1. The highest BCUT2D eigenvalue weighted by atomic mass is 35.5. The van der Waals surface area contributed by atoms with Crippen molar-refractivity contribution >= 4 is 23.5 Å². The summed E-state index contributed by atoms with van der Waals surface area (Å²) in [6.07, 6.45) is 0.141. The van der Waals surface area contributed by atoms with Gasteiger partial charge in [0.25, 0.3) is 5.91 Å². The van der Waals surface area contributed by atoms with Crippen molar-refractivity contribution in [2.75, 3.05) is 26.2 Å². The zero-order chi connectivity index (χ0) is 27.9. The Balaban J connectivity index is 0.00000370. The zero-order valence-corrected chi connectivity index (χ0v) is 21.9. The van der Waals surface area contributed by atoms with Crippen molar-refractivity contribution in [2.24, 2.45) is 0 Å². The molecule has 6 nitrogen and oxygen atoms in total. The highest BCUT2D eigenvalue weighted by Crippen LogP contribution is 2.46. The van der Waals surface area contributed by atoms with E-state index in [0.717, 1.165) is 29.4 Å². The van der Waals surface area contributed by atoms with E-state index in [1.807, 2.05) is 4.90 Å². The summed E-state index contributed by atoms with van der Waals surface area (Å²) in [7, 11) is 0. The average Bonchev–Trinajstić information content (AvgIpc) is 3.66. The Labute approximate surface area is 235 Å². The molecule has 0 radical (unpaired) electrons. The molecular weight excluding hydrogens is 552 g/mol. The molecule has 0 bridgehead atoms. The Kier molecular flexibility index (Phi) is 8.99. The van der Waals surface area contributed by atoms with Crippen LogP contribution in [0.5, 0.6) is 5.75 Å². The highest BCUT2D eigenvalue weighted by molar-refractivity contribution is 6.30. The number of nitrogens with zero attached hydrogens (tertiary/aromatic N) is 2. The first kappa shape index (κ1) is 30.1. The Bertz CT molecular complexity index is 1270. The van der Waals surface area contributed by atoms with Gasteiger partial charge < -0.3 is 14.7 Å². The molecule has 1 saturated carbocycles. The third-order valence-electron chi connectivity index (χ3n) is 7.77. The molecule has 2 aliphatic heterocycles. The number of carboxylic acid groups (broad SMARTS) is 1. The molecule has 0 unspecified atom stereocenters. The van der Waals surface area contributed by atoms with Gasteiger partial charge in [0.15, 0.2) is 0 Å². The van der Waals surface area contributed by atoms with E-state index in [4.69, 9.17) is 16.3 Å². The second kappa shape index (κ2) is 11.9. The van der Waals surface area contributed by atoms with E-state index < -0.39 is 47.9 Å². The fourth-order valence-electron chi connectivity index (χ4n) is 5.33. The van der Waals surface area contributed by atoms with Crippen molar-refractivity contribution < 1.29 is 37.0 Å². The van der Waals surface area contributed by atoms with Crippen molar-refractivity contribution in [2.45, 2.75) is 69.9 Å². The van der Waals surface area contributed by atoms with Gasteiger partial charge in [-0.25, -0.2) is 22.4 Å². The molecule has 3 aliphatic rings. The Hall–Kier alpha value is -2.85. The van der Waals surface area contributed by atoms with Crippen LogP contribution in [0.2, 0.25) is 5.02 Å². The first-order chi connectivity index (χ1) is 18.5. The average molecular weight is 585 g/mol. The Morgan fingerprint density at radius 3 is 2.42 bits per heavy atom. The molecule has 1 N–H and O–H groups in total. The van der Waals surface area contributed by atoms with Crippen LogP contribution in [0.25, 0.3) is 0 Å². The number of amides is 1. The summed E-state index contributed by atoms with van der Waals surface area (Å²) < 4.78 is 63.9. The summed E-state index contributed by atoms with van der Waals surface area (Å²) in [6, 6.07) is 5.54. The van der Waals surface area contributed by atoms with Gasteiger partial charge >= 0.3 is 5.97 Å². The van der Waals surface area contributed by atoms with Crippen molar-refractivity contribution in [3.05, 3.63) is 63.7 Å². The SMILES string of the molecule is C.O=C(O)[C@@H]1C[C@@H](F)CN1C(=O)c1cc(C2CC2)c(OCC2(F)CCN(Cc3ccc(F)c(Cl)c3)CC2)cc1F. The van der Waals surface area contributed by atoms with Gasteiger partial charge in [-0.05, 0) is 60.9 Å². The van der Waals surface area contributed by atoms with Crippen molar-refractivity contribution in [1.82, 2.24) is 9.80 Å². The molecule has 5 rings (SSSR count). The lowest BCUT2D eigenvalue weighted by Crippen LogP contribution is -2.44. The third-order valence-corrected chi connectivity index (χ3v) is 8.06. The number of carboxylic acids is 1. The lowest BCUT2D eigenvalue weighted by atomic mass is 9.93. The maximum absolute atomic E-state index is 15.6. The van der Waals surface area contributed by atoms with Gasteiger partial charge in [0, 0.05) is 32.1 Å². The van der Waals surface area contributed by atoms with Gasteiger partial charge in [-0.15, -0.1) is 0 Å². The lowest BCUT2D eigenvalue weighted by Gasteiger charge is -2.36. The number of halogens is 5. The predicted octanol–water partition coefficient (Wildman–Crippen LogP) is 6.15. The van der Waals surface area contributed by atoms with E-state index in [1.165, 1.54) is 12.1 Å². The van der Waals surface area contributed by atoms with Crippen LogP contribution in [-0.4, -0.2) is 70.9 Å². The standard InChI is InChI=1S/C28H29ClF4N2O4.CH4/c29-21-9-16(1-4-22(21)31)13-34-7-5-28(33,6-8-34)15-39-25-12-23(32)20(11-19(25)17-2-3-17)26(36)35-14-18(30)10-24(35)27(37)38;/h1,4,9,11-12,17-18,24H,2-3,5-8,10,13-15H2,(H,37,38);1H4/t18-,24+;/m1./s1. The number of piperidine rings is 1. The molecule has 11 heteroatoms. The molecule has 2 heterocycles. The van der Waals surface area contributed by atoms with Crippen LogP contribution in [0.4, 0.5) is 17.6 Å². The number of ether oxygens (including phenoxy) is 1. The largest absolute Gasteiger partial charge is 0.490 e. The Morgan fingerprint density at radius 2 is 1.80 bits per heavy atom. The number of alkyl halides is 2. The topological polar surface area (TPSA) is 70.1 Å². The first-order valence-electron chi connectivity index (χ1n) is 13.0. The lowest BCUT2D eigenvalue weighted by molar-refractivity contribution is -0.141. The van der Waals surface area contributed by atoms with E-state index in [0.29, 0.717) is 25.2 Å². The van der Waals surface area contributed by atoms with E-state index in [1.54, 1.807) is 12.1 Å². The van der Waals surface area contributed by atoms with Crippen LogP contribution >= 0.6 is 11.6 Å². The second-order valence-electron chi connectivity index (χ2n) is 10.8. The van der Waals surface area contributed by atoms with Crippen LogP contribution in [0, 0.1) is 11.6 Å². The third kappa shape index (κ3) is 6.54. The molecule has 1 aliphatic carbocycles. The first-order valence-corrected chi connectivity index (χ1v) is 13.4. The number of carbonyl (C=O) groups is 2. The smallest absolute Gasteiger partial charge is 0.326 e. The minimum atomic E-state index is -1.64. The van der Waals surface area contributed by atoms with Gasteiger partial charge in [0.2, 0.25) is 0 Å². The van der Waals surface area contributed by atoms with Crippen LogP contribution in [0.1, 0.15) is 66.9 Å². The molecule has 2 aromatic carbocycles. The molecule has 218 valence electrons. The highest BCUT2D eigenvalue weighted by Gasteiger charge is 2.42. The minimum Gasteiger partial charge on any atom is -0.490 e. The molecule has 0 aromatic heterocycles. The summed E-state index contributed by atoms with van der Waals surface area (Å²) in [5.41, 5.74) is -0.581. The van der Waals surface area contributed by atoms with Crippen LogP contribution in [-0.2, 0) is 11.3 Å². The number of hydrogen-bond donors (Lipinski definition) is 1. The molecule has 40 heavy (non-hydrogen) atoms. The summed E-state index contributed by atoms with van der Waals surface area (Å²) in [4.78, 5) is 27.4. The number of likely N-dealkylation sites (tertiary alicyclic amines) is 2. The number of hydrogen-bond acceptors (Lipinski definition) is 4. The minimum absolute atomic E-state index is 0. The van der Waals surface area contributed by atoms with E-state index >= 15 is 8.78 Å². The normalized spacial score (nSPS) is 22.6. The maximum atomic E-state index is 15.6. The molecule has 2 aromatic rings. The summed E-state index contributed by atoms with van der Waals surface area (Å²) in [6.45, 7) is 0.700. The molecule has 2 saturated heterocycles. The molecule has 3 fully saturated rings. The van der Waals surface area contributed by atoms with Crippen LogP contribution in [0.3, 0.4) is 0 Å².